The SMILES string of the molecule is CC1(C)CS(=O)(=O)N(c2ccc(Cl)c(C(=O)NCCc3ccc(Cl)cc3)c2)C1=O. The summed E-state index contributed by atoms with van der Waals surface area (Å²) in [5.41, 5.74) is 0.186. The number of nitrogens with zero attached hydrogens (tertiary/aromatic N) is 1. The van der Waals surface area contributed by atoms with E-state index in [1.165, 1.54) is 18.2 Å². The molecule has 1 N–H and O–H groups in total. The van der Waals surface area contributed by atoms with Crippen molar-refractivity contribution in [1.82, 2.24) is 5.32 Å². The van der Waals surface area contributed by atoms with Crippen LogP contribution < -0.4 is 9.62 Å². The molecule has 3 rings (SSSR count). The van der Waals surface area contributed by atoms with Gasteiger partial charge in [-0.25, -0.2) is 12.7 Å². The molecule has 9 heteroatoms. The van der Waals surface area contributed by atoms with Crippen molar-refractivity contribution >= 4 is 50.7 Å². The number of halogens is 2. The molecule has 1 saturated heterocycles. The van der Waals surface area contributed by atoms with Gasteiger partial charge in [0.2, 0.25) is 15.9 Å². The number of nitrogens with one attached hydrogen (secondary N) is 1. The summed E-state index contributed by atoms with van der Waals surface area (Å²) in [5.74, 6) is -1.27. The normalized spacial score (nSPS) is 17.4. The largest absolute Gasteiger partial charge is 0.352 e. The number of carbonyl (C=O) groups excluding carboxylic acids is 2. The zero-order valence-corrected chi connectivity index (χ0v) is 18.2. The highest BCUT2D eigenvalue weighted by Crippen LogP contribution is 2.36. The third-order valence-electron chi connectivity index (χ3n) is 4.63. The minimum absolute atomic E-state index is 0.104. The molecule has 2 aromatic rings. The summed E-state index contributed by atoms with van der Waals surface area (Å²) < 4.78 is 25.7. The van der Waals surface area contributed by atoms with Crippen molar-refractivity contribution in [3.05, 3.63) is 63.6 Å². The molecule has 29 heavy (non-hydrogen) atoms. The van der Waals surface area contributed by atoms with E-state index in [-0.39, 0.29) is 22.0 Å². The van der Waals surface area contributed by atoms with E-state index < -0.39 is 27.3 Å². The fraction of sp³-hybridized carbons (Fsp3) is 0.300. The van der Waals surface area contributed by atoms with E-state index in [9.17, 15) is 18.0 Å². The van der Waals surface area contributed by atoms with Crippen LogP contribution in [-0.4, -0.2) is 32.5 Å². The lowest BCUT2D eigenvalue weighted by Gasteiger charge is -2.18. The third kappa shape index (κ3) is 4.57. The highest BCUT2D eigenvalue weighted by Gasteiger charge is 2.50. The second-order valence-corrected chi connectivity index (χ2v) is 10.2. The van der Waals surface area contributed by atoms with E-state index in [0.29, 0.717) is 18.0 Å². The van der Waals surface area contributed by atoms with Gasteiger partial charge in [-0.05, 0) is 56.2 Å². The highest BCUT2D eigenvalue weighted by atomic mass is 35.5. The molecular formula is C20H20Cl2N2O4S. The van der Waals surface area contributed by atoms with Crippen LogP contribution in [0, 0.1) is 5.41 Å². The van der Waals surface area contributed by atoms with E-state index in [2.05, 4.69) is 5.32 Å². The maximum atomic E-state index is 12.6. The molecule has 1 fully saturated rings. The van der Waals surface area contributed by atoms with Gasteiger partial charge in [0, 0.05) is 11.6 Å². The molecule has 154 valence electrons. The Morgan fingerprint density at radius 3 is 2.38 bits per heavy atom. The Balaban J connectivity index is 1.77. The lowest BCUT2D eigenvalue weighted by atomic mass is 9.95. The van der Waals surface area contributed by atoms with Gasteiger partial charge in [-0.2, -0.15) is 0 Å². The number of carbonyl (C=O) groups is 2. The van der Waals surface area contributed by atoms with Crippen LogP contribution in [0.4, 0.5) is 5.69 Å². The van der Waals surface area contributed by atoms with Crippen LogP contribution in [0.2, 0.25) is 10.0 Å². The number of rotatable bonds is 5. The van der Waals surface area contributed by atoms with Gasteiger partial charge in [-0.3, -0.25) is 9.59 Å². The van der Waals surface area contributed by atoms with Gasteiger partial charge >= 0.3 is 0 Å². The maximum Gasteiger partial charge on any atom is 0.252 e. The molecule has 0 spiro atoms. The van der Waals surface area contributed by atoms with Gasteiger partial charge < -0.3 is 5.32 Å². The first-order chi connectivity index (χ1) is 13.5. The minimum atomic E-state index is -3.81. The summed E-state index contributed by atoms with van der Waals surface area (Å²) in [4.78, 5) is 25.1. The molecule has 1 aliphatic rings. The molecule has 0 aromatic heterocycles. The highest BCUT2D eigenvalue weighted by molar-refractivity contribution is 7.94. The quantitative estimate of drug-likeness (QED) is 0.746. The molecular weight excluding hydrogens is 435 g/mol. The monoisotopic (exact) mass is 454 g/mol. The van der Waals surface area contributed by atoms with Gasteiger partial charge in [0.05, 0.1) is 27.4 Å². The second kappa shape index (κ2) is 7.97. The van der Waals surface area contributed by atoms with E-state index in [1.54, 1.807) is 26.0 Å². The lowest BCUT2D eigenvalue weighted by molar-refractivity contribution is -0.123. The smallest absolute Gasteiger partial charge is 0.252 e. The number of sulfonamides is 1. The molecule has 0 saturated carbocycles. The van der Waals surface area contributed by atoms with E-state index >= 15 is 0 Å². The van der Waals surface area contributed by atoms with Gasteiger partial charge in [-0.15, -0.1) is 0 Å². The van der Waals surface area contributed by atoms with Gasteiger partial charge in [0.25, 0.3) is 5.91 Å². The molecule has 0 radical (unpaired) electrons. The minimum Gasteiger partial charge on any atom is -0.352 e. The van der Waals surface area contributed by atoms with E-state index in [1.807, 2.05) is 12.1 Å². The average molecular weight is 455 g/mol. The fourth-order valence-corrected chi connectivity index (χ4v) is 5.57. The Bertz CT molecular complexity index is 1070. The first-order valence-electron chi connectivity index (χ1n) is 8.91. The van der Waals surface area contributed by atoms with Crippen molar-refractivity contribution in [3.63, 3.8) is 0 Å². The van der Waals surface area contributed by atoms with Crippen LogP contribution in [-0.2, 0) is 21.2 Å². The number of hydrogen-bond donors (Lipinski definition) is 1. The molecule has 0 unspecified atom stereocenters. The average Bonchev–Trinajstić information content (AvgIpc) is 2.80. The molecule has 2 amide bonds. The number of benzene rings is 2. The van der Waals surface area contributed by atoms with E-state index in [4.69, 9.17) is 23.2 Å². The van der Waals surface area contributed by atoms with E-state index in [0.717, 1.165) is 9.87 Å². The zero-order chi connectivity index (χ0) is 21.4. The first kappa shape index (κ1) is 21.6. The van der Waals surface area contributed by atoms with Crippen LogP contribution >= 0.6 is 23.2 Å². The molecule has 1 heterocycles. The molecule has 6 nitrogen and oxygen atoms in total. The van der Waals surface area contributed by atoms with Crippen molar-refractivity contribution in [2.45, 2.75) is 20.3 Å². The molecule has 0 aliphatic carbocycles. The summed E-state index contributed by atoms with van der Waals surface area (Å²) >= 11 is 12.0. The summed E-state index contributed by atoms with van der Waals surface area (Å²) in [6.45, 7) is 3.51. The summed E-state index contributed by atoms with van der Waals surface area (Å²) in [6.07, 6.45) is 0.591. The molecule has 0 atom stereocenters. The standard InChI is InChI=1S/C20H20Cl2N2O4S/c1-20(2)12-29(27,28)24(19(20)26)15-7-8-17(22)16(11-15)18(25)23-10-9-13-3-5-14(21)6-4-13/h3-8,11H,9-10,12H2,1-2H3,(H,23,25). The predicted octanol–water partition coefficient (Wildman–Crippen LogP) is 3.67. The Kier molecular flexibility index (Phi) is 5.94. The maximum absolute atomic E-state index is 12.6. The lowest BCUT2D eigenvalue weighted by Crippen LogP contribution is -2.33. The second-order valence-electron chi connectivity index (χ2n) is 7.51. The Morgan fingerprint density at radius 1 is 1.14 bits per heavy atom. The van der Waals surface area contributed by atoms with Crippen molar-refractivity contribution in [2.24, 2.45) is 5.41 Å². The van der Waals surface area contributed by atoms with Crippen LogP contribution in [0.15, 0.2) is 42.5 Å². The summed E-state index contributed by atoms with van der Waals surface area (Å²) in [6, 6.07) is 11.4. The van der Waals surface area contributed by atoms with Crippen LogP contribution in [0.3, 0.4) is 0 Å². The Labute approximate surface area is 179 Å². The summed E-state index contributed by atoms with van der Waals surface area (Å²) in [7, 11) is -3.81. The molecule has 1 aliphatic heterocycles. The molecule has 2 aromatic carbocycles. The Hall–Kier alpha value is -2.09. The van der Waals surface area contributed by atoms with Crippen molar-refractivity contribution in [3.8, 4) is 0 Å². The number of anilines is 1. The third-order valence-corrected chi connectivity index (χ3v) is 7.23. The van der Waals surface area contributed by atoms with Gasteiger partial charge in [-0.1, -0.05) is 35.3 Å². The van der Waals surface area contributed by atoms with Crippen molar-refractivity contribution in [2.75, 3.05) is 16.6 Å². The van der Waals surface area contributed by atoms with Gasteiger partial charge in [0.15, 0.2) is 0 Å². The van der Waals surface area contributed by atoms with Gasteiger partial charge in [0.1, 0.15) is 0 Å². The fourth-order valence-electron chi connectivity index (χ4n) is 3.14. The molecule has 0 bridgehead atoms. The van der Waals surface area contributed by atoms with Crippen LogP contribution in [0.1, 0.15) is 29.8 Å². The number of hydrogen-bond acceptors (Lipinski definition) is 4. The topological polar surface area (TPSA) is 83.6 Å². The van der Waals surface area contributed by atoms with Crippen LogP contribution in [0.5, 0.6) is 0 Å². The zero-order valence-electron chi connectivity index (χ0n) is 15.9. The first-order valence-corrected chi connectivity index (χ1v) is 11.3. The predicted molar refractivity (Wildman–Crippen MR) is 114 cm³/mol. The van der Waals surface area contributed by atoms with Crippen LogP contribution in [0.25, 0.3) is 0 Å². The van der Waals surface area contributed by atoms with Crippen molar-refractivity contribution in [1.29, 1.82) is 0 Å². The number of amides is 2. The summed E-state index contributed by atoms with van der Waals surface area (Å²) in [5, 5.41) is 3.56. The Morgan fingerprint density at radius 2 is 1.79 bits per heavy atom. The van der Waals surface area contributed by atoms with Crippen molar-refractivity contribution < 1.29 is 18.0 Å².